The highest BCUT2D eigenvalue weighted by molar-refractivity contribution is 5.80. The van der Waals surface area contributed by atoms with Crippen LogP contribution in [-0.2, 0) is 10.5 Å². The third-order valence-electron chi connectivity index (χ3n) is 3.64. The maximum Gasteiger partial charge on any atom is 0.250 e. The summed E-state index contributed by atoms with van der Waals surface area (Å²) in [6.45, 7) is 0. The van der Waals surface area contributed by atoms with E-state index in [2.05, 4.69) is 0 Å². The molecule has 0 aromatic heterocycles. The second kappa shape index (κ2) is 5.06. The van der Waals surface area contributed by atoms with Gasteiger partial charge >= 0.3 is 0 Å². The van der Waals surface area contributed by atoms with Crippen molar-refractivity contribution in [2.45, 2.75) is 43.9 Å². The highest BCUT2D eigenvalue weighted by atomic mass is 19.1. The number of carbonyl (C=O) groups excluding carboxylic acids is 1. The van der Waals surface area contributed by atoms with E-state index in [1.54, 1.807) is 24.3 Å². The van der Waals surface area contributed by atoms with Crippen molar-refractivity contribution in [2.24, 2.45) is 5.73 Å². The van der Waals surface area contributed by atoms with E-state index in [0.29, 0.717) is 24.0 Å². The number of amides is 1. The lowest BCUT2D eigenvalue weighted by Gasteiger charge is -2.30. The van der Waals surface area contributed by atoms with Crippen LogP contribution < -0.4 is 5.73 Å². The number of nitrogens with two attached hydrogens (primary N) is 1. The minimum atomic E-state index is -1.36. The van der Waals surface area contributed by atoms with Crippen molar-refractivity contribution >= 4 is 5.91 Å². The first-order valence-corrected chi connectivity index (χ1v) is 6.30. The average molecular weight is 251 g/mol. The normalized spacial score (nSPS) is 20.3. The number of hydrogen-bond donors (Lipinski definition) is 2. The highest BCUT2D eigenvalue weighted by Crippen LogP contribution is 2.41. The molecule has 0 radical (unpaired) electrons. The zero-order valence-corrected chi connectivity index (χ0v) is 10.2. The van der Waals surface area contributed by atoms with Gasteiger partial charge in [-0.25, -0.2) is 4.39 Å². The topological polar surface area (TPSA) is 63.3 Å². The third kappa shape index (κ3) is 2.53. The number of rotatable bonds is 3. The Hall–Kier alpha value is -1.42. The molecule has 0 spiro atoms. The average Bonchev–Trinajstić information content (AvgIpc) is 2.39. The number of alkyl halides is 1. The van der Waals surface area contributed by atoms with Crippen LogP contribution in [0.4, 0.5) is 4.39 Å². The standard InChI is InChI=1S/C14H18FNO2/c15-14(7-2-1-3-8-14)11-6-4-5-10(9-11)12(17)13(16)18/h4-6,9,12,17H,1-3,7-8H2,(H2,16,18). The van der Waals surface area contributed by atoms with E-state index < -0.39 is 17.7 Å². The van der Waals surface area contributed by atoms with Gasteiger partial charge in [0.05, 0.1) is 0 Å². The molecule has 1 aliphatic carbocycles. The zero-order valence-electron chi connectivity index (χ0n) is 10.2. The summed E-state index contributed by atoms with van der Waals surface area (Å²) >= 11 is 0. The Labute approximate surface area is 106 Å². The molecule has 1 fully saturated rings. The van der Waals surface area contributed by atoms with Gasteiger partial charge in [0.2, 0.25) is 0 Å². The van der Waals surface area contributed by atoms with Crippen LogP contribution in [0.1, 0.15) is 49.3 Å². The molecule has 98 valence electrons. The van der Waals surface area contributed by atoms with Crippen LogP contribution >= 0.6 is 0 Å². The molecular formula is C14H18FNO2. The van der Waals surface area contributed by atoms with Crippen LogP contribution in [0.25, 0.3) is 0 Å². The summed E-state index contributed by atoms with van der Waals surface area (Å²) < 4.78 is 14.8. The van der Waals surface area contributed by atoms with Crippen molar-refractivity contribution in [3.63, 3.8) is 0 Å². The number of carbonyl (C=O) groups is 1. The van der Waals surface area contributed by atoms with Gasteiger partial charge in [0.15, 0.2) is 6.10 Å². The Morgan fingerprint density at radius 2 is 2.00 bits per heavy atom. The first kappa shape index (κ1) is 13.0. The molecular weight excluding hydrogens is 233 g/mol. The Morgan fingerprint density at radius 3 is 2.61 bits per heavy atom. The number of benzene rings is 1. The monoisotopic (exact) mass is 251 g/mol. The Kier molecular flexibility index (Phi) is 3.66. The van der Waals surface area contributed by atoms with Gasteiger partial charge in [-0.1, -0.05) is 24.6 Å². The fourth-order valence-electron chi connectivity index (χ4n) is 2.55. The minimum absolute atomic E-state index is 0.364. The van der Waals surface area contributed by atoms with Crippen LogP contribution in [0, 0.1) is 0 Å². The quantitative estimate of drug-likeness (QED) is 0.866. The summed E-state index contributed by atoms with van der Waals surface area (Å²) in [5.41, 5.74) is 4.62. The van der Waals surface area contributed by atoms with Gasteiger partial charge in [-0.05, 0) is 42.9 Å². The maximum absolute atomic E-state index is 14.8. The Morgan fingerprint density at radius 1 is 1.33 bits per heavy atom. The second-order valence-electron chi connectivity index (χ2n) is 4.96. The van der Waals surface area contributed by atoms with E-state index in [4.69, 9.17) is 5.73 Å². The fourth-order valence-corrected chi connectivity index (χ4v) is 2.55. The number of aliphatic hydroxyl groups excluding tert-OH is 1. The largest absolute Gasteiger partial charge is 0.378 e. The molecule has 2 rings (SSSR count). The van der Waals surface area contributed by atoms with Crippen molar-refractivity contribution in [2.75, 3.05) is 0 Å². The summed E-state index contributed by atoms with van der Waals surface area (Å²) in [7, 11) is 0. The number of halogens is 1. The number of aliphatic hydroxyl groups is 1. The summed E-state index contributed by atoms with van der Waals surface area (Å²) in [6, 6.07) is 6.52. The van der Waals surface area contributed by atoms with E-state index in [-0.39, 0.29) is 0 Å². The van der Waals surface area contributed by atoms with Crippen LogP contribution in [0.5, 0.6) is 0 Å². The van der Waals surface area contributed by atoms with E-state index in [9.17, 15) is 14.3 Å². The van der Waals surface area contributed by atoms with Crippen LogP contribution in [0.2, 0.25) is 0 Å². The minimum Gasteiger partial charge on any atom is -0.378 e. The second-order valence-corrected chi connectivity index (χ2v) is 4.96. The number of primary amides is 1. The summed E-state index contributed by atoms with van der Waals surface area (Å²) in [5.74, 6) is -0.816. The maximum atomic E-state index is 14.8. The summed E-state index contributed by atoms with van der Waals surface area (Å²) in [4.78, 5) is 10.9. The van der Waals surface area contributed by atoms with E-state index in [0.717, 1.165) is 19.3 Å². The zero-order chi connectivity index (χ0) is 13.2. The van der Waals surface area contributed by atoms with Gasteiger partial charge in [0.1, 0.15) is 5.67 Å². The first-order chi connectivity index (χ1) is 8.53. The van der Waals surface area contributed by atoms with Gasteiger partial charge in [-0.15, -0.1) is 0 Å². The van der Waals surface area contributed by atoms with Gasteiger partial charge in [-0.3, -0.25) is 4.79 Å². The Bertz CT molecular complexity index is 441. The van der Waals surface area contributed by atoms with Gasteiger partial charge < -0.3 is 10.8 Å². The molecule has 1 unspecified atom stereocenters. The first-order valence-electron chi connectivity index (χ1n) is 6.30. The molecule has 1 amide bonds. The van der Waals surface area contributed by atoms with Crippen LogP contribution in [-0.4, -0.2) is 11.0 Å². The fraction of sp³-hybridized carbons (Fsp3) is 0.500. The molecule has 18 heavy (non-hydrogen) atoms. The van der Waals surface area contributed by atoms with Crippen molar-refractivity contribution in [3.05, 3.63) is 35.4 Å². The van der Waals surface area contributed by atoms with Gasteiger partial charge in [0.25, 0.3) is 5.91 Å². The van der Waals surface area contributed by atoms with E-state index in [1.807, 2.05) is 0 Å². The van der Waals surface area contributed by atoms with Crippen molar-refractivity contribution < 1.29 is 14.3 Å². The lowest BCUT2D eigenvalue weighted by molar-refractivity contribution is -0.126. The van der Waals surface area contributed by atoms with Crippen molar-refractivity contribution in [3.8, 4) is 0 Å². The molecule has 1 aromatic rings. The Balaban J connectivity index is 2.29. The number of hydrogen-bond acceptors (Lipinski definition) is 2. The summed E-state index contributed by atoms with van der Waals surface area (Å²) in [6.07, 6.45) is 2.46. The lowest BCUT2D eigenvalue weighted by atomic mass is 9.80. The third-order valence-corrected chi connectivity index (χ3v) is 3.64. The molecule has 0 aliphatic heterocycles. The van der Waals surface area contributed by atoms with E-state index >= 15 is 0 Å². The lowest BCUT2D eigenvalue weighted by Crippen LogP contribution is -2.25. The molecule has 0 saturated heterocycles. The van der Waals surface area contributed by atoms with Gasteiger partial charge in [0, 0.05) is 0 Å². The van der Waals surface area contributed by atoms with Crippen molar-refractivity contribution in [1.29, 1.82) is 0 Å². The van der Waals surface area contributed by atoms with E-state index in [1.165, 1.54) is 0 Å². The molecule has 3 N–H and O–H groups in total. The van der Waals surface area contributed by atoms with Crippen LogP contribution in [0.15, 0.2) is 24.3 Å². The molecule has 3 nitrogen and oxygen atoms in total. The van der Waals surface area contributed by atoms with Crippen molar-refractivity contribution in [1.82, 2.24) is 0 Å². The SMILES string of the molecule is NC(=O)C(O)c1cccc(C2(F)CCCCC2)c1. The highest BCUT2D eigenvalue weighted by Gasteiger charge is 2.34. The molecule has 1 atom stereocenters. The molecule has 4 heteroatoms. The molecule has 1 aliphatic rings. The molecule has 1 saturated carbocycles. The molecule has 1 aromatic carbocycles. The predicted molar refractivity (Wildman–Crippen MR) is 66.5 cm³/mol. The van der Waals surface area contributed by atoms with Gasteiger partial charge in [-0.2, -0.15) is 0 Å². The molecule has 0 bridgehead atoms. The van der Waals surface area contributed by atoms with Crippen LogP contribution in [0.3, 0.4) is 0 Å². The smallest absolute Gasteiger partial charge is 0.250 e. The summed E-state index contributed by atoms with van der Waals surface area (Å²) in [5, 5.41) is 9.61. The predicted octanol–water partition coefficient (Wildman–Crippen LogP) is 2.33. The molecule has 0 heterocycles.